The fraction of sp³-hybridized carbons (Fsp3) is 0.130. The highest BCUT2D eigenvalue weighted by Gasteiger charge is 2.28. The zero-order valence-corrected chi connectivity index (χ0v) is 16.5. The number of carbonyl (C=O) groups excluding carboxylic acids is 1. The van der Waals surface area contributed by atoms with Crippen molar-refractivity contribution < 1.29 is 13.9 Å². The van der Waals surface area contributed by atoms with Crippen LogP contribution >= 0.6 is 11.3 Å². The lowest BCUT2D eigenvalue weighted by Gasteiger charge is -2.28. The van der Waals surface area contributed by atoms with Crippen LogP contribution in [0.4, 0.5) is 0 Å². The van der Waals surface area contributed by atoms with Crippen LogP contribution in [-0.2, 0) is 11.2 Å². The second-order valence-corrected chi connectivity index (χ2v) is 7.80. The molecule has 6 heteroatoms. The molecule has 5 rings (SSSR count). The van der Waals surface area contributed by atoms with Gasteiger partial charge < -0.3 is 14.5 Å². The van der Waals surface area contributed by atoms with E-state index in [4.69, 9.17) is 9.15 Å². The largest absolute Gasteiger partial charge is 0.457 e. The highest BCUT2D eigenvalue weighted by molar-refractivity contribution is 7.13. The molecule has 1 aliphatic heterocycles. The van der Waals surface area contributed by atoms with Crippen molar-refractivity contribution in [1.29, 1.82) is 0 Å². The van der Waals surface area contributed by atoms with Gasteiger partial charge in [-0.2, -0.15) is 0 Å². The van der Waals surface area contributed by atoms with Crippen LogP contribution in [0, 0.1) is 6.92 Å². The second-order valence-electron chi connectivity index (χ2n) is 6.85. The Balaban J connectivity index is 1.41. The fourth-order valence-corrected chi connectivity index (χ4v) is 4.18. The molecule has 0 saturated heterocycles. The Morgan fingerprint density at radius 2 is 1.72 bits per heavy atom. The van der Waals surface area contributed by atoms with Crippen molar-refractivity contribution in [3.05, 3.63) is 88.6 Å². The maximum Gasteiger partial charge on any atom is 0.236 e. The van der Waals surface area contributed by atoms with E-state index in [0.29, 0.717) is 17.3 Å². The smallest absolute Gasteiger partial charge is 0.236 e. The molecular weight excluding hydrogens is 384 g/mol. The van der Waals surface area contributed by atoms with E-state index >= 15 is 0 Å². The van der Waals surface area contributed by atoms with Crippen LogP contribution in [0.2, 0.25) is 0 Å². The summed E-state index contributed by atoms with van der Waals surface area (Å²) in [5, 5.41) is 5.13. The summed E-state index contributed by atoms with van der Waals surface area (Å²) in [4.78, 5) is 18.4. The van der Waals surface area contributed by atoms with Gasteiger partial charge in [-0.1, -0.05) is 42.5 Å². The van der Waals surface area contributed by atoms with Crippen LogP contribution in [0.5, 0.6) is 11.5 Å². The van der Waals surface area contributed by atoms with E-state index in [1.54, 1.807) is 11.3 Å². The Kier molecular flexibility index (Phi) is 4.41. The molecule has 1 aliphatic rings. The number of nitrogens with one attached hydrogen (secondary N) is 1. The summed E-state index contributed by atoms with van der Waals surface area (Å²) in [6, 6.07) is 19.2. The first-order valence-electron chi connectivity index (χ1n) is 9.34. The third kappa shape index (κ3) is 3.32. The lowest BCUT2D eigenvalue weighted by molar-refractivity contribution is -0.121. The third-order valence-electron chi connectivity index (χ3n) is 4.94. The van der Waals surface area contributed by atoms with Gasteiger partial charge in [-0.25, -0.2) is 4.98 Å². The number of para-hydroxylation sites is 2. The lowest BCUT2D eigenvalue weighted by Crippen LogP contribution is -2.32. The van der Waals surface area contributed by atoms with Crippen molar-refractivity contribution in [1.82, 2.24) is 10.3 Å². The molecule has 2 aromatic carbocycles. The molecule has 0 aliphatic carbocycles. The van der Waals surface area contributed by atoms with Gasteiger partial charge in [0.25, 0.3) is 0 Å². The number of ether oxygens (including phenoxy) is 1. The molecule has 0 saturated carbocycles. The Hall–Kier alpha value is -3.38. The maximum absolute atomic E-state index is 12.9. The number of aryl methyl sites for hydroxylation is 1. The predicted molar refractivity (Wildman–Crippen MR) is 111 cm³/mol. The summed E-state index contributed by atoms with van der Waals surface area (Å²) < 4.78 is 11.8. The van der Waals surface area contributed by atoms with Crippen LogP contribution in [-0.4, -0.2) is 10.9 Å². The minimum absolute atomic E-state index is 0.115. The molecule has 29 heavy (non-hydrogen) atoms. The van der Waals surface area contributed by atoms with E-state index in [2.05, 4.69) is 10.3 Å². The van der Waals surface area contributed by atoms with Crippen LogP contribution in [0.15, 0.2) is 70.5 Å². The Labute approximate surface area is 172 Å². The molecule has 0 bridgehead atoms. The van der Waals surface area contributed by atoms with Crippen LogP contribution < -0.4 is 10.1 Å². The summed E-state index contributed by atoms with van der Waals surface area (Å²) >= 11 is 1.56. The van der Waals surface area contributed by atoms with Gasteiger partial charge in [-0.05, 0) is 30.5 Å². The first kappa shape index (κ1) is 17.7. The molecule has 1 N–H and O–H groups in total. The first-order valence-corrected chi connectivity index (χ1v) is 10.2. The molecule has 5 nitrogen and oxygen atoms in total. The summed E-state index contributed by atoms with van der Waals surface area (Å²) in [5.74, 6) is 2.62. The normalized spacial score (nSPS) is 12.7. The van der Waals surface area contributed by atoms with Gasteiger partial charge in [0.1, 0.15) is 17.3 Å². The number of hydrogen-bond acceptors (Lipinski definition) is 5. The van der Waals surface area contributed by atoms with Gasteiger partial charge in [-0.3, -0.25) is 4.79 Å². The van der Waals surface area contributed by atoms with Crippen molar-refractivity contribution in [3.63, 3.8) is 0 Å². The molecule has 0 radical (unpaired) electrons. The van der Waals surface area contributed by atoms with Crippen molar-refractivity contribution in [2.45, 2.75) is 19.4 Å². The molecule has 1 amide bonds. The number of hydrogen-bond donors (Lipinski definition) is 1. The van der Waals surface area contributed by atoms with Crippen molar-refractivity contribution >= 4 is 17.2 Å². The highest BCUT2D eigenvalue weighted by Crippen LogP contribution is 2.42. The quantitative estimate of drug-likeness (QED) is 0.505. The SMILES string of the molecule is Cc1oc(-c2cccs2)nc1CC(=O)NC1c2ccccc2Oc2ccccc21. The molecule has 3 heterocycles. The molecule has 0 spiro atoms. The van der Waals surface area contributed by atoms with Gasteiger partial charge in [0.05, 0.1) is 23.0 Å². The van der Waals surface area contributed by atoms with E-state index in [1.165, 1.54) is 0 Å². The molecule has 0 atom stereocenters. The number of amides is 1. The highest BCUT2D eigenvalue weighted by atomic mass is 32.1. The average Bonchev–Trinajstić information content (AvgIpc) is 3.38. The third-order valence-corrected chi connectivity index (χ3v) is 5.80. The molecular formula is C23H18N2O3S. The Morgan fingerprint density at radius 3 is 2.38 bits per heavy atom. The van der Waals surface area contributed by atoms with Gasteiger partial charge in [0.15, 0.2) is 0 Å². The maximum atomic E-state index is 12.9. The number of benzene rings is 2. The summed E-state index contributed by atoms with van der Waals surface area (Å²) in [6.45, 7) is 1.84. The minimum atomic E-state index is -0.271. The number of oxazole rings is 1. The molecule has 0 fully saturated rings. The number of thiophene rings is 1. The van der Waals surface area contributed by atoms with Gasteiger partial charge in [0.2, 0.25) is 11.8 Å². The molecule has 144 valence electrons. The summed E-state index contributed by atoms with van der Waals surface area (Å²) in [6.07, 6.45) is 0.155. The van der Waals surface area contributed by atoms with Crippen molar-refractivity contribution in [2.75, 3.05) is 0 Å². The minimum Gasteiger partial charge on any atom is -0.457 e. The topological polar surface area (TPSA) is 64.4 Å². The number of nitrogens with zero attached hydrogens (tertiary/aromatic N) is 1. The fourth-order valence-electron chi connectivity index (χ4n) is 3.53. The predicted octanol–water partition coefficient (Wildman–Crippen LogP) is 5.27. The van der Waals surface area contributed by atoms with Crippen LogP contribution in [0.25, 0.3) is 10.8 Å². The first-order chi connectivity index (χ1) is 14.2. The van der Waals surface area contributed by atoms with E-state index in [0.717, 1.165) is 27.5 Å². The van der Waals surface area contributed by atoms with Crippen LogP contribution in [0.3, 0.4) is 0 Å². The summed E-state index contributed by atoms with van der Waals surface area (Å²) in [5.41, 5.74) is 2.53. The van der Waals surface area contributed by atoms with E-state index in [1.807, 2.05) is 73.0 Å². The second kappa shape index (κ2) is 7.22. The van der Waals surface area contributed by atoms with Gasteiger partial charge >= 0.3 is 0 Å². The number of fused-ring (bicyclic) bond motifs is 2. The Morgan fingerprint density at radius 1 is 1.03 bits per heavy atom. The monoisotopic (exact) mass is 402 g/mol. The lowest BCUT2D eigenvalue weighted by atomic mass is 9.94. The number of aromatic nitrogens is 1. The van der Waals surface area contributed by atoms with Crippen molar-refractivity contribution in [3.8, 4) is 22.3 Å². The van der Waals surface area contributed by atoms with E-state index in [-0.39, 0.29) is 18.4 Å². The molecule has 4 aromatic rings. The summed E-state index contributed by atoms with van der Waals surface area (Å²) in [7, 11) is 0. The zero-order chi connectivity index (χ0) is 19.8. The number of carbonyl (C=O) groups is 1. The van der Waals surface area contributed by atoms with E-state index in [9.17, 15) is 4.79 Å². The standard InChI is InChI=1S/C23H18N2O3S/c1-14-17(24-23(27-14)20-11-6-12-29-20)13-21(26)25-22-15-7-2-4-9-18(15)28-19-10-5-3-8-16(19)22/h2-12,22H,13H2,1H3,(H,25,26). The van der Waals surface area contributed by atoms with Gasteiger partial charge in [-0.15, -0.1) is 11.3 Å². The van der Waals surface area contributed by atoms with E-state index < -0.39 is 0 Å². The number of rotatable bonds is 4. The van der Waals surface area contributed by atoms with Gasteiger partial charge in [0, 0.05) is 11.1 Å². The zero-order valence-electron chi connectivity index (χ0n) is 15.7. The average molecular weight is 402 g/mol. The van der Waals surface area contributed by atoms with Crippen molar-refractivity contribution in [2.24, 2.45) is 0 Å². The molecule has 0 unspecified atom stereocenters. The molecule has 2 aromatic heterocycles. The Bertz CT molecular complexity index is 1140. The van der Waals surface area contributed by atoms with Crippen LogP contribution in [0.1, 0.15) is 28.6 Å².